The van der Waals surface area contributed by atoms with Crippen molar-refractivity contribution >= 4 is 27.2 Å². The molecule has 1 aromatic heterocycles. The lowest BCUT2D eigenvalue weighted by atomic mass is 10.1. The Kier molecular flexibility index (Phi) is 4.78. The maximum atomic E-state index is 12.2. The van der Waals surface area contributed by atoms with Gasteiger partial charge in [-0.3, -0.25) is 4.98 Å². The minimum Gasteiger partial charge on any atom is -0.388 e. The number of rotatable bonds is 5. The number of sulfonamides is 1. The molecular weight excluding hydrogens is 270 g/mol. The zero-order valence-electron chi connectivity index (χ0n) is 10.5. The van der Waals surface area contributed by atoms with Crippen LogP contribution in [0.2, 0.25) is 0 Å². The molecule has 0 aliphatic heterocycles. The van der Waals surface area contributed by atoms with Gasteiger partial charge >= 0.3 is 0 Å². The van der Waals surface area contributed by atoms with Crippen molar-refractivity contribution < 1.29 is 8.42 Å². The summed E-state index contributed by atoms with van der Waals surface area (Å²) >= 11 is 4.81. The molecule has 100 valence electrons. The molecule has 0 aliphatic rings. The van der Waals surface area contributed by atoms with E-state index < -0.39 is 10.0 Å². The molecule has 0 aromatic carbocycles. The Bertz CT molecular complexity index is 541. The SMILES string of the molecule is CC(C)C(C)NS(=O)(=O)c1cccnc1C(N)=S. The summed E-state index contributed by atoms with van der Waals surface area (Å²) in [5.41, 5.74) is 5.60. The third-order valence-corrected chi connectivity index (χ3v) is 4.42. The lowest BCUT2D eigenvalue weighted by Crippen LogP contribution is -2.37. The van der Waals surface area contributed by atoms with Gasteiger partial charge in [0.1, 0.15) is 15.6 Å². The van der Waals surface area contributed by atoms with Crippen LogP contribution >= 0.6 is 12.2 Å². The minimum absolute atomic E-state index is 0.0185. The molecule has 1 atom stereocenters. The number of hydrogen-bond donors (Lipinski definition) is 2. The van der Waals surface area contributed by atoms with Gasteiger partial charge in [0.2, 0.25) is 10.0 Å². The number of pyridine rings is 1. The maximum absolute atomic E-state index is 12.2. The molecule has 3 N–H and O–H groups in total. The van der Waals surface area contributed by atoms with Crippen molar-refractivity contribution in [2.45, 2.75) is 31.7 Å². The van der Waals surface area contributed by atoms with Crippen LogP contribution in [0.25, 0.3) is 0 Å². The van der Waals surface area contributed by atoms with Crippen molar-refractivity contribution in [3.05, 3.63) is 24.0 Å². The molecule has 0 saturated carbocycles. The zero-order chi connectivity index (χ0) is 13.9. The minimum atomic E-state index is -3.66. The lowest BCUT2D eigenvalue weighted by Gasteiger charge is -2.18. The fourth-order valence-corrected chi connectivity index (χ4v) is 3.03. The van der Waals surface area contributed by atoms with Gasteiger partial charge in [0, 0.05) is 12.2 Å². The summed E-state index contributed by atoms with van der Waals surface area (Å²) in [6.45, 7) is 5.68. The van der Waals surface area contributed by atoms with Gasteiger partial charge < -0.3 is 5.73 Å². The highest BCUT2D eigenvalue weighted by Crippen LogP contribution is 2.14. The van der Waals surface area contributed by atoms with Crippen molar-refractivity contribution in [2.75, 3.05) is 0 Å². The Hall–Kier alpha value is -1.05. The smallest absolute Gasteiger partial charge is 0.243 e. The number of nitrogens with zero attached hydrogens (tertiary/aromatic N) is 1. The standard InChI is InChI=1S/C11H17N3O2S2/c1-7(2)8(3)14-18(15,16)9-5-4-6-13-10(9)11(12)17/h4-8,14H,1-3H3,(H2,12,17). The molecule has 1 heterocycles. The van der Waals surface area contributed by atoms with E-state index in [0.717, 1.165) is 0 Å². The number of hydrogen-bond acceptors (Lipinski definition) is 4. The summed E-state index contributed by atoms with van der Waals surface area (Å²) in [6, 6.07) is 2.79. The van der Waals surface area contributed by atoms with Crippen LogP contribution in [0.4, 0.5) is 0 Å². The summed E-state index contributed by atoms with van der Waals surface area (Å²) in [5.74, 6) is 0.185. The second-order valence-electron chi connectivity index (χ2n) is 4.37. The van der Waals surface area contributed by atoms with Gasteiger partial charge in [-0.25, -0.2) is 13.1 Å². The molecule has 0 fully saturated rings. The second kappa shape index (κ2) is 5.73. The molecule has 7 heteroatoms. The summed E-state index contributed by atoms with van der Waals surface area (Å²) in [5, 5.41) is 0. The van der Waals surface area contributed by atoms with Crippen molar-refractivity contribution in [1.82, 2.24) is 9.71 Å². The molecule has 0 amide bonds. The molecule has 0 bridgehead atoms. The Balaban J connectivity index is 3.17. The Morgan fingerprint density at radius 3 is 2.56 bits per heavy atom. The Labute approximate surface area is 113 Å². The summed E-state index contributed by atoms with van der Waals surface area (Å²) in [4.78, 5) is 3.90. The van der Waals surface area contributed by atoms with Crippen molar-refractivity contribution in [1.29, 1.82) is 0 Å². The van der Waals surface area contributed by atoms with Crippen molar-refractivity contribution in [3.8, 4) is 0 Å². The van der Waals surface area contributed by atoms with E-state index in [1.807, 2.05) is 13.8 Å². The summed E-state index contributed by atoms with van der Waals surface area (Å²) in [6.07, 6.45) is 1.46. The molecule has 0 radical (unpaired) electrons. The maximum Gasteiger partial charge on any atom is 0.243 e. The van der Waals surface area contributed by atoms with Crippen LogP contribution in [-0.2, 0) is 10.0 Å². The van der Waals surface area contributed by atoms with E-state index in [1.165, 1.54) is 18.3 Å². The third kappa shape index (κ3) is 3.47. The highest BCUT2D eigenvalue weighted by Gasteiger charge is 2.23. The van der Waals surface area contributed by atoms with Crippen LogP contribution in [-0.4, -0.2) is 24.4 Å². The number of nitrogens with one attached hydrogen (secondary N) is 1. The molecule has 1 aromatic rings. The first-order valence-corrected chi connectivity index (χ1v) is 7.42. The van der Waals surface area contributed by atoms with Gasteiger partial charge in [0.15, 0.2) is 0 Å². The van der Waals surface area contributed by atoms with E-state index >= 15 is 0 Å². The lowest BCUT2D eigenvalue weighted by molar-refractivity contribution is 0.476. The van der Waals surface area contributed by atoms with Crippen LogP contribution in [0.1, 0.15) is 26.5 Å². The van der Waals surface area contributed by atoms with Gasteiger partial charge in [0.25, 0.3) is 0 Å². The van der Waals surface area contributed by atoms with E-state index in [4.69, 9.17) is 18.0 Å². The zero-order valence-corrected chi connectivity index (χ0v) is 12.2. The molecule has 5 nitrogen and oxygen atoms in total. The second-order valence-corrected chi connectivity index (χ2v) is 6.49. The van der Waals surface area contributed by atoms with E-state index in [0.29, 0.717) is 0 Å². The molecule has 1 unspecified atom stereocenters. The van der Waals surface area contributed by atoms with E-state index in [2.05, 4.69) is 9.71 Å². The predicted octanol–water partition coefficient (Wildman–Crippen LogP) is 1.04. The molecular formula is C11H17N3O2S2. The van der Waals surface area contributed by atoms with Crippen LogP contribution in [0.5, 0.6) is 0 Å². The first-order chi connectivity index (χ1) is 8.25. The summed E-state index contributed by atoms with van der Waals surface area (Å²) < 4.78 is 27.0. The van der Waals surface area contributed by atoms with Crippen LogP contribution in [0.3, 0.4) is 0 Å². The fraction of sp³-hybridized carbons (Fsp3) is 0.455. The topological polar surface area (TPSA) is 85.1 Å². The molecule has 0 aliphatic carbocycles. The number of aromatic nitrogens is 1. The van der Waals surface area contributed by atoms with Gasteiger partial charge in [-0.15, -0.1) is 0 Å². The number of nitrogens with two attached hydrogens (primary N) is 1. The molecule has 1 rings (SSSR count). The van der Waals surface area contributed by atoms with Crippen LogP contribution in [0, 0.1) is 5.92 Å². The van der Waals surface area contributed by atoms with Gasteiger partial charge in [-0.05, 0) is 25.0 Å². The number of thiocarbonyl (C=S) groups is 1. The van der Waals surface area contributed by atoms with Crippen molar-refractivity contribution in [3.63, 3.8) is 0 Å². The molecule has 0 saturated heterocycles. The Morgan fingerprint density at radius 2 is 2.06 bits per heavy atom. The normalized spacial score (nSPS) is 13.6. The van der Waals surface area contributed by atoms with Crippen molar-refractivity contribution in [2.24, 2.45) is 11.7 Å². The average molecular weight is 287 g/mol. The van der Waals surface area contributed by atoms with E-state index in [-0.39, 0.29) is 27.5 Å². The fourth-order valence-electron chi connectivity index (χ4n) is 1.24. The van der Waals surface area contributed by atoms with E-state index in [1.54, 1.807) is 6.92 Å². The van der Waals surface area contributed by atoms with E-state index in [9.17, 15) is 8.42 Å². The van der Waals surface area contributed by atoms with Gasteiger partial charge in [-0.2, -0.15) is 0 Å². The van der Waals surface area contributed by atoms with Crippen LogP contribution < -0.4 is 10.5 Å². The highest BCUT2D eigenvalue weighted by atomic mass is 32.2. The largest absolute Gasteiger partial charge is 0.388 e. The highest BCUT2D eigenvalue weighted by molar-refractivity contribution is 7.89. The quantitative estimate of drug-likeness (QED) is 0.790. The first-order valence-electron chi connectivity index (χ1n) is 5.53. The van der Waals surface area contributed by atoms with Gasteiger partial charge in [0.05, 0.1) is 0 Å². The predicted molar refractivity (Wildman–Crippen MR) is 74.7 cm³/mol. The average Bonchev–Trinajstić information content (AvgIpc) is 2.28. The third-order valence-electron chi connectivity index (χ3n) is 2.63. The van der Waals surface area contributed by atoms with Crippen LogP contribution in [0.15, 0.2) is 23.2 Å². The molecule has 0 spiro atoms. The monoisotopic (exact) mass is 287 g/mol. The summed E-state index contributed by atoms with van der Waals surface area (Å²) in [7, 11) is -3.66. The van der Waals surface area contributed by atoms with Gasteiger partial charge in [-0.1, -0.05) is 26.1 Å². The molecule has 18 heavy (non-hydrogen) atoms. The Morgan fingerprint density at radius 1 is 1.44 bits per heavy atom. The first kappa shape index (κ1) is 15.0.